The molecule has 0 atom stereocenters. The molecule has 0 unspecified atom stereocenters. The van der Waals surface area contributed by atoms with Crippen LogP contribution in [0.25, 0.3) is 87.6 Å². The van der Waals surface area contributed by atoms with Crippen molar-refractivity contribution in [2.45, 2.75) is 0 Å². The Hall–Kier alpha value is -7.00. The van der Waals surface area contributed by atoms with Crippen LogP contribution in [0.15, 0.2) is 170 Å². The number of nitriles is 2. The topological polar surface area (TPSA) is 47.6 Å². The second-order valence-corrected chi connectivity index (χ2v) is 12.7. The van der Waals surface area contributed by atoms with Gasteiger partial charge >= 0.3 is 0 Å². The van der Waals surface area contributed by atoms with E-state index in [-0.39, 0.29) is 0 Å². The largest absolute Gasteiger partial charge is 0.192 e. The lowest BCUT2D eigenvalue weighted by Crippen LogP contribution is -1.93. The Labute approximate surface area is 290 Å². The molecule has 0 radical (unpaired) electrons. The molecule has 230 valence electrons. The van der Waals surface area contributed by atoms with E-state index in [9.17, 15) is 10.5 Å². The van der Waals surface area contributed by atoms with Gasteiger partial charge in [0.15, 0.2) is 0 Å². The summed E-state index contributed by atoms with van der Waals surface area (Å²) in [4.78, 5) is 0. The Balaban J connectivity index is 1.17. The number of fused-ring (bicyclic) bond motifs is 6. The van der Waals surface area contributed by atoms with Crippen LogP contribution in [0.5, 0.6) is 0 Å². The van der Waals surface area contributed by atoms with Crippen LogP contribution >= 0.6 is 0 Å². The third-order valence-corrected chi connectivity index (χ3v) is 9.90. The van der Waals surface area contributed by atoms with Crippen LogP contribution in [0.1, 0.15) is 11.1 Å². The molecule has 9 aromatic rings. The molecule has 0 spiro atoms. The molecule has 0 bridgehead atoms. The van der Waals surface area contributed by atoms with Gasteiger partial charge in [-0.15, -0.1) is 0 Å². The van der Waals surface area contributed by atoms with E-state index in [1.54, 1.807) is 0 Å². The lowest BCUT2D eigenvalue weighted by Gasteiger charge is -2.15. The van der Waals surface area contributed by atoms with Crippen molar-refractivity contribution < 1.29 is 0 Å². The fourth-order valence-electron chi connectivity index (χ4n) is 7.56. The van der Waals surface area contributed by atoms with Gasteiger partial charge in [0, 0.05) is 11.1 Å². The van der Waals surface area contributed by atoms with E-state index in [0.29, 0.717) is 11.1 Å². The van der Waals surface area contributed by atoms with Gasteiger partial charge in [-0.05, 0) is 113 Å². The summed E-state index contributed by atoms with van der Waals surface area (Å²) in [6.45, 7) is 0. The number of hydrogen-bond acceptors (Lipinski definition) is 2. The fourth-order valence-corrected chi connectivity index (χ4v) is 7.56. The van der Waals surface area contributed by atoms with Crippen LogP contribution in [-0.2, 0) is 0 Å². The molecular formula is C48H28N2. The third kappa shape index (κ3) is 4.79. The lowest BCUT2D eigenvalue weighted by atomic mass is 9.88. The lowest BCUT2D eigenvalue weighted by molar-refractivity contribution is 1.44. The predicted octanol–water partition coefficient (Wildman–Crippen LogP) is 12.7. The van der Waals surface area contributed by atoms with Crippen LogP contribution < -0.4 is 0 Å². The van der Waals surface area contributed by atoms with E-state index in [4.69, 9.17) is 0 Å². The minimum absolute atomic E-state index is 0.529. The summed E-state index contributed by atoms with van der Waals surface area (Å²) in [5.74, 6) is 0. The van der Waals surface area contributed by atoms with Crippen molar-refractivity contribution in [1.82, 2.24) is 0 Å². The second kappa shape index (κ2) is 11.9. The Morgan fingerprint density at radius 3 is 1.02 bits per heavy atom. The summed E-state index contributed by atoms with van der Waals surface area (Å²) in [5, 5.41) is 30.5. The number of nitrogens with zero attached hydrogens (tertiary/aromatic N) is 2. The summed E-state index contributed by atoms with van der Waals surface area (Å²) >= 11 is 0. The number of hydrogen-bond donors (Lipinski definition) is 0. The van der Waals surface area contributed by atoms with E-state index < -0.39 is 0 Å². The molecule has 2 heteroatoms. The van der Waals surface area contributed by atoms with Crippen molar-refractivity contribution in [2.24, 2.45) is 0 Å². The summed E-state index contributed by atoms with van der Waals surface area (Å²) in [5.41, 5.74) is 8.74. The van der Waals surface area contributed by atoms with Gasteiger partial charge in [-0.1, -0.05) is 133 Å². The molecule has 0 fully saturated rings. The van der Waals surface area contributed by atoms with Crippen molar-refractivity contribution in [2.75, 3.05) is 0 Å². The maximum Gasteiger partial charge on any atom is 0.0998 e. The maximum atomic E-state index is 10.5. The number of benzene rings is 9. The van der Waals surface area contributed by atoms with Crippen LogP contribution in [0.4, 0.5) is 0 Å². The molecule has 0 aromatic heterocycles. The first kappa shape index (κ1) is 29.2. The molecule has 0 aliphatic heterocycles. The maximum absolute atomic E-state index is 10.5. The molecule has 9 aromatic carbocycles. The molecule has 0 aliphatic carbocycles. The molecule has 0 N–H and O–H groups in total. The molecule has 0 saturated carbocycles. The van der Waals surface area contributed by atoms with Crippen LogP contribution in [0, 0.1) is 22.7 Å². The van der Waals surface area contributed by atoms with Gasteiger partial charge in [-0.3, -0.25) is 0 Å². The molecule has 50 heavy (non-hydrogen) atoms. The molecule has 9 rings (SSSR count). The molecule has 0 amide bonds. The van der Waals surface area contributed by atoms with Crippen molar-refractivity contribution >= 4 is 43.1 Å². The van der Waals surface area contributed by atoms with Gasteiger partial charge in [0.2, 0.25) is 0 Å². The summed E-state index contributed by atoms with van der Waals surface area (Å²) in [6, 6.07) is 63.7. The average Bonchev–Trinajstić information content (AvgIpc) is 3.19. The van der Waals surface area contributed by atoms with Crippen LogP contribution in [0.3, 0.4) is 0 Å². The summed E-state index contributed by atoms with van der Waals surface area (Å²) in [7, 11) is 0. The molecule has 0 saturated heterocycles. The predicted molar refractivity (Wildman–Crippen MR) is 208 cm³/mol. The second-order valence-electron chi connectivity index (χ2n) is 12.7. The van der Waals surface area contributed by atoms with Gasteiger partial charge in [0.1, 0.15) is 0 Å². The fraction of sp³-hybridized carbons (Fsp3) is 0. The van der Waals surface area contributed by atoms with E-state index in [2.05, 4.69) is 146 Å². The average molecular weight is 633 g/mol. The standard InChI is InChI=1S/C48H28N2/c49-29-37-28-46(32-14-10-16-34(24-32)48-26-36-12-2-4-18-40(36)42-20-6-8-22-44(42)48)38(30-50)27-45(37)31-13-9-15-33(23-31)47-25-35-11-1-3-17-39(35)41-19-5-7-21-43(41)47/h1-28H. The smallest absolute Gasteiger partial charge is 0.0998 e. The highest BCUT2D eigenvalue weighted by atomic mass is 14.3. The monoisotopic (exact) mass is 632 g/mol. The number of rotatable bonds is 4. The van der Waals surface area contributed by atoms with Crippen molar-refractivity contribution in [1.29, 1.82) is 10.5 Å². The Bertz CT molecular complexity index is 2700. The van der Waals surface area contributed by atoms with Crippen LogP contribution in [-0.4, -0.2) is 0 Å². The molecule has 0 aliphatic rings. The summed E-state index contributed by atoms with van der Waals surface area (Å²) in [6.07, 6.45) is 0. The minimum atomic E-state index is 0.529. The van der Waals surface area contributed by atoms with Gasteiger partial charge in [-0.25, -0.2) is 0 Å². The quantitative estimate of drug-likeness (QED) is 0.181. The summed E-state index contributed by atoms with van der Waals surface area (Å²) < 4.78 is 0. The highest BCUT2D eigenvalue weighted by molar-refractivity contribution is 6.15. The Morgan fingerprint density at radius 1 is 0.280 bits per heavy atom. The Morgan fingerprint density at radius 2 is 0.620 bits per heavy atom. The highest BCUT2D eigenvalue weighted by Gasteiger charge is 2.16. The van der Waals surface area contributed by atoms with E-state index in [1.165, 1.54) is 43.1 Å². The van der Waals surface area contributed by atoms with E-state index in [1.807, 2.05) is 36.4 Å². The van der Waals surface area contributed by atoms with Gasteiger partial charge < -0.3 is 0 Å². The zero-order chi connectivity index (χ0) is 33.6. The minimum Gasteiger partial charge on any atom is -0.192 e. The van der Waals surface area contributed by atoms with Crippen molar-refractivity contribution in [3.05, 3.63) is 181 Å². The highest BCUT2D eigenvalue weighted by Crippen LogP contribution is 2.40. The van der Waals surface area contributed by atoms with E-state index in [0.717, 1.165) is 44.5 Å². The van der Waals surface area contributed by atoms with Gasteiger partial charge in [-0.2, -0.15) is 10.5 Å². The first-order valence-electron chi connectivity index (χ1n) is 16.7. The van der Waals surface area contributed by atoms with Gasteiger partial charge in [0.25, 0.3) is 0 Å². The first-order chi connectivity index (χ1) is 24.7. The normalized spacial score (nSPS) is 11.2. The SMILES string of the molecule is N#Cc1cc(-c2cccc(-c3cc4ccccc4c4ccccc34)c2)c(C#N)cc1-c1cccc(-c2cc3ccccc3c3ccccc23)c1. The van der Waals surface area contributed by atoms with Crippen molar-refractivity contribution in [3.63, 3.8) is 0 Å². The molecule has 0 heterocycles. The van der Waals surface area contributed by atoms with Crippen molar-refractivity contribution in [3.8, 4) is 56.6 Å². The Kier molecular flexibility index (Phi) is 6.95. The third-order valence-electron chi connectivity index (χ3n) is 9.90. The first-order valence-corrected chi connectivity index (χ1v) is 16.7. The van der Waals surface area contributed by atoms with Crippen LogP contribution in [0.2, 0.25) is 0 Å². The van der Waals surface area contributed by atoms with Gasteiger partial charge in [0.05, 0.1) is 23.3 Å². The zero-order valence-corrected chi connectivity index (χ0v) is 27.1. The molecule has 2 nitrogen and oxygen atoms in total. The van der Waals surface area contributed by atoms with E-state index >= 15 is 0 Å². The zero-order valence-electron chi connectivity index (χ0n) is 27.1. The molecular weight excluding hydrogens is 605 g/mol.